The molecule has 6 heteroatoms. The molecule has 0 aliphatic heterocycles. The second kappa shape index (κ2) is 6.55. The first kappa shape index (κ1) is 14.6. The summed E-state index contributed by atoms with van der Waals surface area (Å²) in [5.41, 5.74) is 0.874. The highest BCUT2D eigenvalue weighted by molar-refractivity contribution is 7.09. The fourth-order valence-corrected chi connectivity index (χ4v) is 2.67. The number of hydrogen-bond acceptors (Lipinski definition) is 4. The average molecular weight is 316 g/mol. The van der Waals surface area contributed by atoms with Gasteiger partial charge in [-0.1, -0.05) is 43.1 Å². The average Bonchev–Trinajstić information content (AvgIpc) is 2.79. The number of aromatic nitrogens is 2. The molecule has 0 fully saturated rings. The van der Waals surface area contributed by atoms with Gasteiger partial charge in [-0.15, -0.1) is 0 Å². The molecule has 0 unspecified atom stereocenters. The molecule has 0 bridgehead atoms. The molecule has 0 spiro atoms. The van der Waals surface area contributed by atoms with Crippen LogP contribution in [0.25, 0.3) is 0 Å². The van der Waals surface area contributed by atoms with Gasteiger partial charge >= 0.3 is 0 Å². The first-order chi connectivity index (χ1) is 9.06. The molecule has 0 saturated heterocycles. The van der Waals surface area contributed by atoms with E-state index in [1.54, 1.807) is 0 Å². The van der Waals surface area contributed by atoms with Crippen molar-refractivity contribution in [3.8, 4) is 0 Å². The second-order valence-corrected chi connectivity index (χ2v) is 6.23. The second-order valence-electron chi connectivity index (χ2n) is 4.67. The van der Waals surface area contributed by atoms with Crippen LogP contribution in [0.2, 0.25) is 10.0 Å². The minimum Gasteiger partial charge on any atom is -0.360 e. The maximum Gasteiger partial charge on any atom is 0.202 e. The van der Waals surface area contributed by atoms with Gasteiger partial charge in [0.05, 0.1) is 0 Å². The summed E-state index contributed by atoms with van der Waals surface area (Å²) < 4.78 is 4.32. The summed E-state index contributed by atoms with van der Waals surface area (Å²) in [6.07, 6.45) is 0.554. The summed E-state index contributed by atoms with van der Waals surface area (Å²) in [6, 6.07) is 5.48. The molecule has 1 aromatic heterocycles. The first-order valence-corrected chi connectivity index (χ1v) is 7.58. The van der Waals surface area contributed by atoms with Gasteiger partial charge in [-0.05, 0) is 23.6 Å². The van der Waals surface area contributed by atoms with Gasteiger partial charge in [-0.3, -0.25) is 0 Å². The molecule has 0 aliphatic carbocycles. The van der Waals surface area contributed by atoms with Crippen molar-refractivity contribution in [1.82, 2.24) is 9.36 Å². The summed E-state index contributed by atoms with van der Waals surface area (Å²) >= 11 is 13.6. The van der Waals surface area contributed by atoms with E-state index in [4.69, 9.17) is 23.2 Å². The van der Waals surface area contributed by atoms with E-state index in [0.717, 1.165) is 23.1 Å². The molecular weight excluding hydrogens is 301 g/mol. The Morgan fingerprint density at radius 2 is 1.95 bits per heavy atom. The van der Waals surface area contributed by atoms with Gasteiger partial charge in [-0.25, -0.2) is 4.98 Å². The lowest BCUT2D eigenvalue weighted by Crippen LogP contribution is -2.07. The van der Waals surface area contributed by atoms with Crippen molar-refractivity contribution in [2.75, 3.05) is 11.9 Å². The van der Waals surface area contributed by atoms with E-state index >= 15 is 0 Å². The van der Waals surface area contributed by atoms with Crippen LogP contribution < -0.4 is 5.32 Å². The lowest BCUT2D eigenvalue weighted by Gasteiger charge is -2.04. The van der Waals surface area contributed by atoms with Crippen LogP contribution in [0.3, 0.4) is 0 Å². The number of nitrogens with zero attached hydrogens (tertiary/aromatic N) is 2. The molecule has 1 aromatic carbocycles. The zero-order valence-corrected chi connectivity index (χ0v) is 13.1. The monoisotopic (exact) mass is 315 g/mol. The Morgan fingerprint density at radius 1 is 1.26 bits per heavy atom. The van der Waals surface area contributed by atoms with Crippen LogP contribution in [-0.2, 0) is 6.42 Å². The summed E-state index contributed by atoms with van der Waals surface area (Å²) in [5, 5.41) is 5.40. The summed E-state index contributed by atoms with van der Waals surface area (Å²) in [4.78, 5) is 4.44. The third kappa shape index (κ3) is 4.06. The zero-order chi connectivity index (χ0) is 13.8. The van der Waals surface area contributed by atoms with E-state index in [9.17, 15) is 0 Å². The van der Waals surface area contributed by atoms with E-state index in [-0.39, 0.29) is 0 Å². The van der Waals surface area contributed by atoms with Crippen molar-refractivity contribution in [1.29, 1.82) is 0 Å². The summed E-state index contributed by atoms with van der Waals surface area (Å²) in [5.74, 6) is 1.32. The molecule has 1 N–H and O–H groups in total. The molecule has 2 rings (SSSR count). The fourth-order valence-electron chi connectivity index (χ4n) is 1.55. The molecule has 1 heterocycles. The maximum atomic E-state index is 6.14. The van der Waals surface area contributed by atoms with Gasteiger partial charge < -0.3 is 5.32 Å². The van der Waals surface area contributed by atoms with E-state index < -0.39 is 0 Å². The molecule has 19 heavy (non-hydrogen) atoms. The third-order valence-corrected chi connectivity index (χ3v) is 3.95. The van der Waals surface area contributed by atoms with Gasteiger partial charge in [0.1, 0.15) is 5.82 Å². The van der Waals surface area contributed by atoms with Crippen LogP contribution >= 0.6 is 34.7 Å². The molecule has 0 radical (unpaired) electrons. The van der Waals surface area contributed by atoms with Crippen LogP contribution in [0.5, 0.6) is 0 Å². The molecule has 0 amide bonds. The molecular formula is C13H15Cl2N3S. The normalized spacial score (nSPS) is 11.0. The minimum atomic E-state index is 0.554. The quantitative estimate of drug-likeness (QED) is 0.882. The smallest absolute Gasteiger partial charge is 0.202 e. The topological polar surface area (TPSA) is 37.8 Å². The Morgan fingerprint density at radius 3 is 2.58 bits per heavy atom. The van der Waals surface area contributed by atoms with Crippen LogP contribution in [0, 0.1) is 5.92 Å². The molecule has 0 aliphatic rings. The Kier molecular flexibility index (Phi) is 5.02. The van der Waals surface area contributed by atoms with E-state index in [0.29, 0.717) is 22.4 Å². The van der Waals surface area contributed by atoms with Crippen LogP contribution in [-0.4, -0.2) is 15.9 Å². The van der Waals surface area contributed by atoms with Crippen LogP contribution in [0.4, 0.5) is 5.13 Å². The highest BCUT2D eigenvalue weighted by Crippen LogP contribution is 2.26. The Labute approximate surface area is 127 Å². The van der Waals surface area contributed by atoms with Crippen molar-refractivity contribution in [3.63, 3.8) is 0 Å². The Hall–Kier alpha value is -0.840. The molecule has 0 atom stereocenters. The van der Waals surface area contributed by atoms with Crippen molar-refractivity contribution >= 4 is 39.9 Å². The van der Waals surface area contributed by atoms with Crippen molar-refractivity contribution in [2.45, 2.75) is 20.3 Å². The predicted molar refractivity (Wildman–Crippen MR) is 82.5 cm³/mol. The molecule has 102 valence electrons. The van der Waals surface area contributed by atoms with Crippen LogP contribution in [0.15, 0.2) is 18.2 Å². The summed E-state index contributed by atoms with van der Waals surface area (Å²) in [7, 11) is 0. The van der Waals surface area contributed by atoms with Crippen molar-refractivity contribution in [2.24, 2.45) is 5.92 Å². The first-order valence-electron chi connectivity index (χ1n) is 6.05. The van der Waals surface area contributed by atoms with Gasteiger partial charge in [0.15, 0.2) is 0 Å². The Balaban J connectivity index is 2.07. The number of halogens is 2. The predicted octanol–water partition coefficient (Wildman–Crippen LogP) is 4.50. The molecule has 0 saturated carbocycles. The van der Waals surface area contributed by atoms with E-state index in [2.05, 4.69) is 28.5 Å². The van der Waals surface area contributed by atoms with Crippen molar-refractivity contribution in [3.05, 3.63) is 39.6 Å². The van der Waals surface area contributed by atoms with E-state index in [1.165, 1.54) is 11.5 Å². The molecule has 2 aromatic rings. The SMILES string of the molecule is CC(C)CNc1nc(Cc2c(Cl)cccc2Cl)ns1. The number of rotatable bonds is 5. The number of nitrogens with one attached hydrogen (secondary N) is 1. The lowest BCUT2D eigenvalue weighted by molar-refractivity contribution is 0.688. The van der Waals surface area contributed by atoms with Gasteiger partial charge in [0, 0.05) is 34.5 Å². The third-order valence-electron chi connectivity index (χ3n) is 2.53. The lowest BCUT2D eigenvalue weighted by atomic mass is 10.1. The zero-order valence-electron chi connectivity index (χ0n) is 10.8. The highest BCUT2D eigenvalue weighted by atomic mass is 35.5. The van der Waals surface area contributed by atoms with Gasteiger partial charge in [0.25, 0.3) is 0 Å². The minimum absolute atomic E-state index is 0.554. The Bertz CT molecular complexity index is 534. The van der Waals surface area contributed by atoms with Crippen LogP contribution in [0.1, 0.15) is 25.2 Å². The largest absolute Gasteiger partial charge is 0.360 e. The highest BCUT2D eigenvalue weighted by Gasteiger charge is 2.10. The fraction of sp³-hybridized carbons (Fsp3) is 0.385. The van der Waals surface area contributed by atoms with Crippen molar-refractivity contribution < 1.29 is 0 Å². The number of benzene rings is 1. The molecule has 3 nitrogen and oxygen atoms in total. The maximum absolute atomic E-state index is 6.14. The number of anilines is 1. The standard InChI is InChI=1S/C13H15Cl2N3S/c1-8(2)7-16-13-17-12(18-19-13)6-9-10(14)4-3-5-11(9)15/h3-5,8H,6-7H2,1-2H3,(H,16,17,18). The number of hydrogen-bond donors (Lipinski definition) is 1. The van der Waals surface area contributed by atoms with E-state index in [1.807, 2.05) is 18.2 Å². The van der Waals surface area contributed by atoms with Gasteiger partial charge in [-0.2, -0.15) is 4.37 Å². The van der Waals surface area contributed by atoms with Gasteiger partial charge in [0.2, 0.25) is 5.13 Å². The summed E-state index contributed by atoms with van der Waals surface area (Å²) in [6.45, 7) is 5.19.